The largest absolute Gasteiger partial charge is 0.357 e. The van der Waals surface area contributed by atoms with Gasteiger partial charge in [0.2, 0.25) is 0 Å². The van der Waals surface area contributed by atoms with E-state index in [4.69, 9.17) is 4.74 Å². The van der Waals surface area contributed by atoms with Gasteiger partial charge in [-0.3, -0.25) is 0 Å². The molecule has 0 amide bonds. The second-order valence-corrected chi connectivity index (χ2v) is 6.11. The third kappa shape index (κ3) is 2.42. The van der Waals surface area contributed by atoms with Crippen molar-refractivity contribution in [2.24, 2.45) is 0 Å². The summed E-state index contributed by atoms with van der Waals surface area (Å²) < 4.78 is 7.77. The van der Waals surface area contributed by atoms with Gasteiger partial charge in [-0.1, -0.05) is 23.8 Å². The fourth-order valence-electron chi connectivity index (χ4n) is 3.26. The van der Waals surface area contributed by atoms with E-state index < -0.39 is 0 Å². The third-order valence-corrected chi connectivity index (χ3v) is 4.40. The molecule has 0 spiro atoms. The number of fused-ring (bicyclic) bond motifs is 1. The lowest BCUT2D eigenvalue weighted by Gasteiger charge is -2.22. The van der Waals surface area contributed by atoms with Gasteiger partial charge in [0, 0.05) is 18.4 Å². The number of nitrogens with zero attached hydrogens (tertiary/aromatic N) is 2. The van der Waals surface area contributed by atoms with Crippen LogP contribution in [-0.2, 0) is 11.2 Å². The summed E-state index contributed by atoms with van der Waals surface area (Å²) in [5.41, 5.74) is 6.63. The third-order valence-electron chi connectivity index (χ3n) is 4.40. The summed E-state index contributed by atoms with van der Waals surface area (Å²) >= 11 is 0. The Balaban J connectivity index is 1.62. The number of aromatic nitrogens is 2. The maximum Gasteiger partial charge on any atom is 0.150 e. The van der Waals surface area contributed by atoms with Gasteiger partial charge in [-0.25, -0.2) is 4.68 Å². The molecule has 1 fully saturated rings. The molecule has 1 saturated heterocycles. The maximum atomic E-state index is 5.79. The number of allylic oxidation sites excluding steroid dienone is 1. The molecular weight excluding hydrogens is 260 g/mol. The minimum absolute atomic E-state index is 0.115. The topological polar surface area (TPSA) is 27.1 Å². The second kappa shape index (κ2) is 5.15. The Labute approximate surface area is 125 Å². The van der Waals surface area contributed by atoms with Crippen molar-refractivity contribution in [3.05, 3.63) is 47.3 Å². The summed E-state index contributed by atoms with van der Waals surface area (Å²) in [6.45, 7) is 3.04. The monoisotopic (exact) mass is 280 g/mol. The van der Waals surface area contributed by atoms with Gasteiger partial charge in [-0.2, -0.15) is 5.10 Å². The number of ether oxygens (including phenoxy) is 1. The smallest absolute Gasteiger partial charge is 0.150 e. The number of hydrogen-bond donors (Lipinski definition) is 0. The highest BCUT2D eigenvalue weighted by atomic mass is 16.5. The number of benzene rings is 1. The van der Waals surface area contributed by atoms with Crippen molar-refractivity contribution < 1.29 is 4.74 Å². The van der Waals surface area contributed by atoms with E-state index in [0.717, 1.165) is 19.4 Å². The molecule has 1 aromatic carbocycles. The summed E-state index contributed by atoms with van der Waals surface area (Å²) in [5, 5.41) is 4.50. The first kappa shape index (κ1) is 12.8. The molecule has 1 aliphatic carbocycles. The summed E-state index contributed by atoms with van der Waals surface area (Å²) in [4.78, 5) is 0. The van der Waals surface area contributed by atoms with E-state index in [1.807, 2.05) is 10.9 Å². The molecule has 2 aromatic rings. The predicted octanol–water partition coefficient (Wildman–Crippen LogP) is 4.21. The molecular formula is C18H20N2O. The van der Waals surface area contributed by atoms with E-state index in [1.165, 1.54) is 40.7 Å². The Morgan fingerprint density at radius 2 is 2.19 bits per heavy atom. The van der Waals surface area contributed by atoms with E-state index in [2.05, 4.69) is 42.5 Å². The van der Waals surface area contributed by atoms with Gasteiger partial charge in [0.15, 0.2) is 0 Å². The lowest BCUT2D eigenvalue weighted by Crippen LogP contribution is -2.18. The summed E-state index contributed by atoms with van der Waals surface area (Å²) in [7, 11) is 0. The van der Waals surface area contributed by atoms with Gasteiger partial charge in [0.1, 0.15) is 6.23 Å². The molecule has 108 valence electrons. The van der Waals surface area contributed by atoms with Crippen LogP contribution in [0.1, 0.15) is 43.5 Å². The van der Waals surface area contributed by atoms with Crippen LogP contribution in [0.4, 0.5) is 0 Å². The van der Waals surface area contributed by atoms with E-state index >= 15 is 0 Å². The van der Waals surface area contributed by atoms with Crippen molar-refractivity contribution >= 4 is 6.08 Å². The zero-order valence-corrected chi connectivity index (χ0v) is 12.4. The molecule has 1 unspecified atom stereocenters. The Kier molecular flexibility index (Phi) is 3.15. The van der Waals surface area contributed by atoms with Crippen LogP contribution in [0.25, 0.3) is 17.2 Å². The molecule has 2 heterocycles. The molecule has 3 nitrogen and oxygen atoms in total. The number of rotatable bonds is 2. The van der Waals surface area contributed by atoms with E-state index in [9.17, 15) is 0 Å². The van der Waals surface area contributed by atoms with Gasteiger partial charge in [0.25, 0.3) is 0 Å². The Morgan fingerprint density at radius 1 is 1.24 bits per heavy atom. The van der Waals surface area contributed by atoms with Crippen molar-refractivity contribution in [3.8, 4) is 11.1 Å². The lowest BCUT2D eigenvalue weighted by molar-refractivity contribution is -0.0394. The van der Waals surface area contributed by atoms with Crippen LogP contribution in [0.3, 0.4) is 0 Å². The van der Waals surface area contributed by atoms with E-state index in [1.54, 1.807) is 0 Å². The minimum atomic E-state index is 0.115. The van der Waals surface area contributed by atoms with Crippen molar-refractivity contribution in [2.75, 3.05) is 6.61 Å². The molecule has 0 N–H and O–H groups in total. The predicted molar refractivity (Wildman–Crippen MR) is 83.9 cm³/mol. The Morgan fingerprint density at radius 3 is 3.05 bits per heavy atom. The SMILES string of the molecule is CC1=Cc2cc(-c3cnn(C4CCCCO4)c3)ccc2C1. The van der Waals surface area contributed by atoms with Crippen LogP contribution < -0.4 is 0 Å². The lowest BCUT2D eigenvalue weighted by atomic mass is 10.0. The van der Waals surface area contributed by atoms with Crippen LogP contribution >= 0.6 is 0 Å². The highest BCUT2D eigenvalue weighted by Crippen LogP contribution is 2.30. The Bertz CT molecular complexity index is 693. The second-order valence-electron chi connectivity index (χ2n) is 6.11. The zero-order chi connectivity index (χ0) is 14.2. The molecule has 0 bridgehead atoms. The van der Waals surface area contributed by atoms with Crippen LogP contribution in [-0.4, -0.2) is 16.4 Å². The molecule has 0 radical (unpaired) electrons. The quantitative estimate of drug-likeness (QED) is 0.824. The molecule has 0 saturated carbocycles. The zero-order valence-electron chi connectivity index (χ0n) is 12.4. The normalized spacial score (nSPS) is 21.2. The van der Waals surface area contributed by atoms with E-state index in [-0.39, 0.29) is 6.23 Å². The molecule has 1 atom stereocenters. The molecule has 3 heteroatoms. The molecule has 4 rings (SSSR count). The highest BCUT2D eigenvalue weighted by molar-refractivity contribution is 5.71. The van der Waals surface area contributed by atoms with Crippen LogP contribution in [0.2, 0.25) is 0 Å². The van der Waals surface area contributed by atoms with E-state index in [0.29, 0.717) is 0 Å². The molecule has 21 heavy (non-hydrogen) atoms. The van der Waals surface area contributed by atoms with Gasteiger partial charge in [-0.15, -0.1) is 0 Å². The fraction of sp³-hybridized carbons (Fsp3) is 0.389. The minimum Gasteiger partial charge on any atom is -0.357 e. The van der Waals surface area contributed by atoms with Crippen molar-refractivity contribution in [1.82, 2.24) is 9.78 Å². The van der Waals surface area contributed by atoms with Crippen LogP contribution in [0, 0.1) is 0 Å². The van der Waals surface area contributed by atoms with Gasteiger partial charge in [-0.05, 0) is 55.4 Å². The van der Waals surface area contributed by atoms with Gasteiger partial charge < -0.3 is 4.74 Å². The fourth-order valence-corrected chi connectivity index (χ4v) is 3.26. The van der Waals surface area contributed by atoms with Crippen molar-refractivity contribution in [2.45, 2.75) is 38.8 Å². The van der Waals surface area contributed by atoms with Crippen LogP contribution in [0.5, 0.6) is 0 Å². The molecule has 2 aliphatic rings. The maximum absolute atomic E-state index is 5.79. The first-order valence-corrected chi connectivity index (χ1v) is 7.76. The first-order chi connectivity index (χ1) is 10.3. The standard InChI is InChI=1S/C18H20N2O/c1-13-8-14-5-6-15(10-16(14)9-13)17-11-19-20(12-17)18-4-2-3-7-21-18/h5-6,9-12,18H,2-4,7-8H2,1H3. The molecule has 1 aliphatic heterocycles. The van der Waals surface area contributed by atoms with Crippen LogP contribution in [0.15, 0.2) is 36.2 Å². The number of hydrogen-bond acceptors (Lipinski definition) is 2. The van der Waals surface area contributed by atoms with Gasteiger partial charge in [0.05, 0.1) is 6.20 Å². The highest BCUT2D eigenvalue weighted by Gasteiger charge is 2.17. The summed E-state index contributed by atoms with van der Waals surface area (Å²) in [6.07, 6.45) is 11.0. The van der Waals surface area contributed by atoms with Crippen molar-refractivity contribution in [3.63, 3.8) is 0 Å². The van der Waals surface area contributed by atoms with Gasteiger partial charge >= 0.3 is 0 Å². The van der Waals surface area contributed by atoms with Crippen molar-refractivity contribution in [1.29, 1.82) is 0 Å². The summed E-state index contributed by atoms with van der Waals surface area (Å²) in [6, 6.07) is 6.72. The molecule has 1 aromatic heterocycles. The summed E-state index contributed by atoms with van der Waals surface area (Å²) in [5.74, 6) is 0. The average molecular weight is 280 g/mol. The Hall–Kier alpha value is -1.87. The average Bonchev–Trinajstić information content (AvgIpc) is 3.12. The first-order valence-electron chi connectivity index (χ1n) is 7.76.